The molecular weight excluding hydrogens is 222 g/mol. The van der Waals surface area contributed by atoms with Crippen molar-refractivity contribution < 1.29 is 4.74 Å². The van der Waals surface area contributed by atoms with Crippen molar-refractivity contribution in [1.29, 1.82) is 0 Å². The van der Waals surface area contributed by atoms with Crippen molar-refractivity contribution in [2.24, 2.45) is 11.3 Å². The minimum atomic E-state index is 0.425. The summed E-state index contributed by atoms with van der Waals surface area (Å²) < 4.78 is 5.75. The van der Waals surface area contributed by atoms with Crippen LogP contribution in [0.4, 0.5) is 0 Å². The van der Waals surface area contributed by atoms with Gasteiger partial charge in [0.05, 0.1) is 6.61 Å². The first kappa shape index (κ1) is 16.0. The Kier molecular flexibility index (Phi) is 7.92. The third-order valence-electron chi connectivity index (χ3n) is 4.49. The Hall–Kier alpha value is -0.0800. The summed E-state index contributed by atoms with van der Waals surface area (Å²) in [6.45, 7) is 10.6. The van der Waals surface area contributed by atoms with Gasteiger partial charge in [0.2, 0.25) is 0 Å². The normalized spacial score (nSPS) is 28.5. The van der Waals surface area contributed by atoms with Crippen molar-refractivity contribution in [2.75, 3.05) is 26.3 Å². The van der Waals surface area contributed by atoms with Crippen LogP contribution in [0.3, 0.4) is 0 Å². The summed E-state index contributed by atoms with van der Waals surface area (Å²) in [4.78, 5) is 0. The van der Waals surface area contributed by atoms with E-state index in [9.17, 15) is 0 Å². The lowest BCUT2D eigenvalue weighted by atomic mass is 9.69. The van der Waals surface area contributed by atoms with Crippen LogP contribution < -0.4 is 5.32 Å². The van der Waals surface area contributed by atoms with Crippen LogP contribution in [-0.4, -0.2) is 26.3 Å². The molecule has 2 heteroatoms. The van der Waals surface area contributed by atoms with Gasteiger partial charge in [0.25, 0.3) is 0 Å². The monoisotopic (exact) mass is 255 g/mol. The Morgan fingerprint density at radius 3 is 2.44 bits per heavy atom. The van der Waals surface area contributed by atoms with Gasteiger partial charge in [0, 0.05) is 18.6 Å². The SMILES string of the molecule is CCCCC1CCC(CNCC)(COCC)CC1. The van der Waals surface area contributed by atoms with Crippen LogP contribution in [0.2, 0.25) is 0 Å². The Bertz CT molecular complexity index is 187. The van der Waals surface area contributed by atoms with Crippen molar-refractivity contribution >= 4 is 0 Å². The molecule has 0 aromatic rings. The van der Waals surface area contributed by atoms with Crippen LogP contribution in [0.1, 0.15) is 65.7 Å². The van der Waals surface area contributed by atoms with Gasteiger partial charge in [-0.1, -0.05) is 33.1 Å². The van der Waals surface area contributed by atoms with Gasteiger partial charge in [-0.25, -0.2) is 0 Å². The van der Waals surface area contributed by atoms with Crippen LogP contribution in [0.25, 0.3) is 0 Å². The maximum absolute atomic E-state index is 5.75. The first-order valence-electron chi connectivity index (χ1n) is 8.04. The number of hydrogen-bond acceptors (Lipinski definition) is 2. The highest BCUT2D eigenvalue weighted by Crippen LogP contribution is 2.40. The third-order valence-corrected chi connectivity index (χ3v) is 4.49. The Labute approximate surface area is 114 Å². The predicted octanol–water partition coefficient (Wildman–Crippen LogP) is 4.00. The van der Waals surface area contributed by atoms with Crippen LogP contribution in [-0.2, 0) is 4.74 Å². The minimum Gasteiger partial charge on any atom is -0.381 e. The van der Waals surface area contributed by atoms with Crippen molar-refractivity contribution in [1.82, 2.24) is 5.32 Å². The molecule has 1 saturated carbocycles. The van der Waals surface area contributed by atoms with Crippen LogP contribution >= 0.6 is 0 Å². The van der Waals surface area contributed by atoms with Crippen LogP contribution in [0.15, 0.2) is 0 Å². The minimum absolute atomic E-state index is 0.425. The van der Waals surface area contributed by atoms with Gasteiger partial charge >= 0.3 is 0 Å². The topological polar surface area (TPSA) is 21.3 Å². The summed E-state index contributed by atoms with van der Waals surface area (Å²) in [6, 6.07) is 0. The molecule has 0 spiro atoms. The fourth-order valence-corrected chi connectivity index (χ4v) is 3.15. The molecule has 0 aromatic carbocycles. The predicted molar refractivity (Wildman–Crippen MR) is 79.0 cm³/mol. The molecule has 0 unspecified atom stereocenters. The molecule has 0 amide bonds. The Morgan fingerprint density at radius 2 is 1.89 bits per heavy atom. The largest absolute Gasteiger partial charge is 0.381 e. The molecular formula is C16H33NO. The first-order chi connectivity index (χ1) is 8.76. The molecule has 0 saturated heterocycles. The Balaban J connectivity index is 2.39. The second-order valence-corrected chi connectivity index (χ2v) is 6.00. The van der Waals surface area contributed by atoms with Crippen molar-refractivity contribution in [3.63, 3.8) is 0 Å². The average molecular weight is 255 g/mol. The van der Waals surface area contributed by atoms with Crippen molar-refractivity contribution in [3.05, 3.63) is 0 Å². The van der Waals surface area contributed by atoms with Gasteiger partial charge in [-0.3, -0.25) is 0 Å². The fraction of sp³-hybridized carbons (Fsp3) is 1.00. The first-order valence-corrected chi connectivity index (χ1v) is 8.04. The lowest BCUT2D eigenvalue weighted by Crippen LogP contribution is -2.41. The standard InChI is InChI=1S/C16H33NO/c1-4-7-8-15-9-11-16(12-10-15,13-17-5-2)14-18-6-3/h15,17H,4-14H2,1-3H3. The van der Waals surface area contributed by atoms with Crippen molar-refractivity contribution in [2.45, 2.75) is 65.7 Å². The number of unbranched alkanes of at least 4 members (excludes halogenated alkanes) is 1. The lowest BCUT2D eigenvalue weighted by molar-refractivity contribution is 0.0149. The summed E-state index contributed by atoms with van der Waals surface area (Å²) in [6.07, 6.45) is 9.75. The van der Waals surface area contributed by atoms with Gasteiger partial charge in [-0.2, -0.15) is 0 Å². The molecule has 1 aliphatic rings. The number of nitrogens with one attached hydrogen (secondary N) is 1. The van der Waals surface area contributed by atoms with Gasteiger partial charge < -0.3 is 10.1 Å². The zero-order valence-electron chi connectivity index (χ0n) is 12.8. The molecule has 0 atom stereocenters. The van der Waals surface area contributed by atoms with E-state index in [1.165, 1.54) is 44.9 Å². The average Bonchev–Trinajstić information content (AvgIpc) is 2.42. The van der Waals surface area contributed by atoms with E-state index in [2.05, 4.69) is 26.1 Å². The molecule has 18 heavy (non-hydrogen) atoms. The van der Waals surface area contributed by atoms with E-state index < -0.39 is 0 Å². The van der Waals surface area contributed by atoms with Crippen molar-refractivity contribution in [3.8, 4) is 0 Å². The van der Waals surface area contributed by atoms with Gasteiger partial charge in [-0.05, 0) is 45.1 Å². The third kappa shape index (κ3) is 5.27. The number of hydrogen-bond donors (Lipinski definition) is 1. The van der Waals surface area contributed by atoms with Crippen LogP contribution in [0.5, 0.6) is 0 Å². The van der Waals surface area contributed by atoms with Gasteiger partial charge in [-0.15, -0.1) is 0 Å². The Morgan fingerprint density at radius 1 is 1.17 bits per heavy atom. The molecule has 1 rings (SSSR count). The summed E-state index contributed by atoms with van der Waals surface area (Å²) in [7, 11) is 0. The quantitative estimate of drug-likeness (QED) is 0.672. The second-order valence-electron chi connectivity index (χ2n) is 6.00. The molecule has 0 aliphatic heterocycles. The van der Waals surface area contributed by atoms with E-state index in [-0.39, 0.29) is 0 Å². The smallest absolute Gasteiger partial charge is 0.0534 e. The molecule has 1 aliphatic carbocycles. The van der Waals surface area contributed by atoms with E-state index in [1.807, 2.05) is 0 Å². The zero-order chi connectivity index (χ0) is 13.3. The van der Waals surface area contributed by atoms with E-state index in [4.69, 9.17) is 4.74 Å². The van der Waals surface area contributed by atoms with E-state index in [1.54, 1.807) is 0 Å². The van der Waals surface area contributed by atoms with E-state index in [0.29, 0.717) is 5.41 Å². The molecule has 108 valence electrons. The lowest BCUT2D eigenvalue weighted by Gasteiger charge is -2.40. The molecule has 0 bridgehead atoms. The summed E-state index contributed by atoms with van der Waals surface area (Å²) in [5.41, 5.74) is 0.425. The van der Waals surface area contributed by atoms with Gasteiger partial charge in [0.15, 0.2) is 0 Å². The number of rotatable bonds is 9. The highest BCUT2D eigenvalue weighted by molar-refractivity contribution is 4.87. The summed E-state index contributed by atoms with van der Waals surface area (Å²) >= 11 is 0. The maximum atomic E-state index is 5.75. The van der Waals surface area contributed by atoms with E-state index >= 15 is 0 Å². The van der Waals surface area contributed by atoms with E-state index in [0.717, 1.165) is 32.2 Å². The van der Waals surface area contributed by atoms with Gasteiger partial charge in [0.1, 0.15) is 0 Å². The maximum Gasteiger partial charge on any atom is 0.0534 e. The summed E-state index contributed by atoms with van der Waals surface area (Å²) in [5, 5.41) is 3.55. The molecule has 0 aromatic heterocycles. The second kappa shape index (κ2) is 8.92. The number of ether oxygens (including phenoxy) is 1. The molecule has 0 radical (unpaired) electrons. The molecule has 1 N–H and O–H groups in total. The molecule has 2 nitrogen and oxygen atoms in total. The highest BCUT2D eigenvalue weighted by atomic mass is 16.5. The summed E-state index contributed by atoms with van der Waals surface area (Å²) in [5.74, 6) is 0.987. The highest BCUT2D eigenvalue weighted by Gasteiger charge is 2.34. The van der Waals surface area contributed by atoms with Crippen LogP contribution in [0, 0.1) is 11.3 Å². The molecule has 1 fully saturated rings. The molecule has 0 heterocycles. The zero-order valence-corrected chi connectivity index (χ0v) is 12.8. The fourth-order valence-electron chi connectivity index (χ4n) is 3.15.